The number of aryl methyl sites for hydroxylation is 2. The third kappa shape index (κ3) is 6.12. The van der Waals surface area contributed by atoms with Crippen LogP contribution >= 0.6 is 27.5 Å². The van der Waals surface area contributed by atoms with Gasteiger partial charge < -0.3 is 19.3 Å². The molecule has 0 saturated carbocycles. The summed E-state index contributed by atoms with van der Waals surface area (Å²) in [7, 11) is 2.89. The number of rotatable bonds is 6. The van der Waals surface area contributed by atoms with Gasteiger partial charge in [-0.15, -0.1) is 0 Å². The van der Waals surface area contributed by atoms with E-state index >= 15 is 0 Å². The van der Waals surface area contributed by atoms with Crippen LogP contribution < -0.4 is 4.74 Å². The maximum absolute atomic E-state index is 13.3. The minimum Gasteiger partial charge on any atom is -0.468 e. The maximum Gasteiger partial charge on any atom is 0.318 e. The number of benzene rings is 3. The highest BCUT2D eigenvalue weighted by molar-refractivity contribution is 9.10. The Morgan fingerprint density at radius 2 is 1.74 bits per heavy atom. The fourth-order valence-electron chi connectivity index (χ4n) is 4.88. The Hall–Kier alpha value is -3.36. The molecule has 1 unspecified atom stereocenters. The molecule has 7 nitrogen and oxygen atoms in total. The normalized spacial score (nSPS) is 16.6. The molecule has 204 valence electrons. The largest absolute Gasteiger partial charge is 0.468 e. The number of ether oxygens (including phenoxy) is 2. The molecular weight excluding hydrogens is 584 g/mol. The lowest BCUT2D eigenvalue weighted by Gasteiger charge is -2.27. The Bertz CT molecular complexity index is 1410. The standard InChI is InChI=1S/C30H30BrClN2O5/c1-19-5-12-25(20(2)15-19)39-26-16-24(32)11-6-21(26)17-33(3)27(35)28(36)34-14-13-30(18-34,29(37)38-4)22-7-9-23(31)10-8-22/h5-12,15-16H,13-14,17-18H2,1-4H3. The second-order valence-corrected chi connectivity index (χ2v) is 11.2. The van der Waals surface area contributed by atoms with E-state index in [9.17, 15) is 14.4 Å². The van der Waals surface area contributed by atoms with Crippen molar-refractivity contribution in [2.75, 3.05) is 27.2 Å². The number of methoxy groups -OCH3 is 1. The van der Waals surface area contributed by atoms with Crippen molar-refractivity contribution in [3.05, 3.63) is 92.4 Å². The molecule has 1 aliphatic heterocycles. The van der Waals surface area contributed by atoms with Gasteiger partial charge in [0.05, 0.1) is 7.11 Å². The zero-order chi connectivity index (χ0) is 28.3. The molecule has 1 aliphatic rings. The number of likely N-dealkylation sites (tertiary alicyclic amines) is 1. The number of carbonyl (C=O) groups is 3. The Morgan fingerprint density at radius 3 is 2.41 bits per heavy atom. The van der Waals surface area contributed by atoms with Crippen LogP contribution in [0.15, 0.2) is 65.1 Å². The van der Waals surface area contributed by atoms with Crippen LogP contribution in [0.4, 0.5) is 0 Å². The Kier molecular flexibility index (Phi) is 8.67. The number of hydrogen-bond donors (Lipinski definition) is 0. The van der Waals surface area contributed by atoms with Crippen LogP contribution in [0.1, 0.15) is 28.7 Å². The first-order valence-electron chi connectivity index (χ1n) is 12.5. The van der Waals surface area contributed by atoms with Crippen LogP contribution in [0, 0.1) is 13.8 Å². The van der Waals surface area contributed by atoms with Gasteiger partial charge in [-0.05, 0) is 61.7 Å². The number of halogens is 2. The molecule has 39 heavy (non-hydrogen) atoms. The van der Waals surface area contributed by atoms with Crippen molar-refractivity contribution in [1.29, 1.82) is 0 Å². The SMILES string of the molecule is COC(=O)C1(c2ccc(Br)cc2)CCN(C(=O)C(=O)N(C)Cc2ccc(Cl)cc2Oc2ccc(C)cc2C)C1. The first-order valence-corrected chi connectivity index (χ1v) is 13.6. The number of hydrogen-bond acceptors (Lipinski definition) is 5. The Morgan fingerprint density at radius 1 is 1.03 bits per heavy atom. The van der Waals surface area contributed by atoms with E-state index in [1.54, 1.807) is 25.2 Å². The second-order valence-electron chi connectivity index (χ2n) is 9.84. The maximum atomic E-state index is 13.3. The quantitative estimate of drug-likeness (QED) is 0.259. The number of likely N-dealkylation sites (N-methyl/N-ethyl adjacent to an activating group) is 1. The van der Waals surface area contributed by atoms with Gasteiger partial charge in [-0.25, -0.2) is 0 Å². The van der Waals surface area contributed by atoms with E-state index in [0.29, 0.717) is 28.5 Å². The van der Waals surface area contributed by atoms with Crippen molar-refractivity contribution >= 4 is 45.3 Å². The fourth-order valence-corrected chi connectivity index (χ4v) is 5.31. The number of esters is 1. The van der Waals surface area contributed by atoms with E-state index in [1.807, 2.05) is 56.3 Å². The van der Waals surface area contributed by atoms with E-state index < -0.39 is 23.2 Å². The molecule has 0 spiro atoms. The van der Waals surface area contributed by atoms with Crippen LogP contribution in [-0.2, 0) is 31.1 Å². The highest BCUT2D eigenvalue weighted by atomic mass is 79.9. The zero-order valence-electron chi connectivity index (χ0n) is 22.3. The zero-order valence-corrected chi connectivity index (χ0v) is 24.6. The third-order valence-corrected chi connectivity index (χ3v) is 7.81. The molecular formula is C30H30BrClN2O5. The number of carbonyl (C=O) groups excluding carboxylic acids is 3. The second kappa shape index (κ2) is 11.8. The van der Waals surface area contributed by atoms with E-state index in [1.165, 1.54) is 16.9 Å². The highest BCUT2D eigenvalue weighted by Crippen LogP contribution is 2.37. The average molecular weight is 614 g/mol. The lowest BCUT2D eigenvalue weighted by Crippen LogP contribution is -2.46. The first-order chi connectivity index (χ1) is 18.5. The number of amides is 2. The summed E-state index contributed by atoms with van der Waals surface area (Å²) in [6.45, 7) is 4.41. The van der Waals surface area contributed by atoms with Gasteiger partial charge >= 0.3 is 17.8 Å². The van der Waals surface area contributed by atoms with Crippen molar-refractivity contribution in [2.24, 2.45) is 0 Å². The van der Waals surface area contributed by atoms with Crippen LogP contribution in [0.2, 0.25) is 5.02 Å². The molecule has 0 radical (unpaired) electrons. The van der Waals surface area contributed by atoms with Crippen molar-refractivity contribution in [3.8, 4) is 11.5 Å². The van der Waals surface area contributed by atoms with Gasteiger partial charge in [0.25, 0.3) is 0 Å². The Balaban J connectivity index is 1.51. The predicted octanol–water partition coefficient (Wildman–Crippen LogP) is 5.81. The van der Waals surface area contributed by atoms with Gasteiger partial charge in [-0.2, -0.15) is 0 Å². The molecule has 0 aliphatic carbocycles. The molecule has 1 saturated heterocycles. The molecule has 3 aromatic rings. The van der Waals surface area contributed by atoms with Crippen molar-refractivity contribution in [3.63, 3.8) is 0 Å². The van der Waals surface area contributed by atoms with Gasteiger partial charge in [0.1, 0.15) is 16.9 Å². The van der Waals surface area contributed by atoms with Crippen molar-refractivity contribution in [2.45, 2.75) is 32.2 Å². The van der Waals surface area contributed by atoms with E-state index in [0.717, 1.165) is 21.2 Å². The van der Waals surface area contributed by atoms with Crippen molar-refractivity contribution < 1.29 is 23.9 Å². The molecule has 9 heteroatoms. The molecule has 2 amide bonds. The van der Waals surface area contributed by atoms with E-state index in [-0.39, 0.29) is 19.6 Å². The monoisotopic (exact) mass is 612 g/mol. The van der Waals surface area contributed by atoms with Crippen LogP contribution in [0.3, 0.4) is 0 Å². The lowest BCUT2D eigenvalue weighted by molar-refractivity contribution is -0.152. The van der Waals surface area contributed by atoms with Crippen LogP contribution in [-0.4, -0.2) is 54.8 Å². The molecule has 1 atom stereocenters. The Labute approximate surface area is 241 Å². The first kappa shape index (κ1) is 28.6. The highest BCUT2D eigenvalue weighted by Gasteiger charge is 2.49. The average Bonchev–Trinajstić information content (AvgIpc) is 3.37. The van der Waals surface area contributed by atoms with Gasteiger partial charge in [-0.3, -0.25) is 14.4 Å². The van der Waals surface area contributed by atoms with Gasteiger partial charge in [0.2, 0.25) is 0 Å². The summed E-state index contributed by atoms with van der Waals surface area (Å²) in [5.41, 5.74) is 2.49. The van der Waals surface area contributed by atoms with Crippen LogP contribution in [0.25, 0.3) is 0 Å². The van der Waals surface area contributed by atoms with Gasteiger partial charge in [0, 0.05) is 41.7 Å². The molecule has 1 heterocycles. The summed E-state index contributed by atoms with van der Waals surface area (Å²) >= 11 is 9.65. The molecule has 4 rings (SSSR count). The summed E-state index contributed by atoms with van der Waals surface area (Å²) in [5.74, 6) is -0.610. The minimum atomic E-state index is -1.03. The molecule has 0 aromatic heterocycles. The van der Waals surface area contributed by atoms with Gasteiger partial charge in [-0.1, -0.05) is 63.4 Å². The smallest absolute Gasteiger partial charge is 0.318 e. The minimum absolute atomic E-state index is 0.0573. The number of nitrogens with zero attached hydrogens (tertiary/aromatic N) is 2. The third-order valence-electron chi connectivity index (χ3n) is 7.05. The van der Waals surface area contributed by atoms with Crippen molar-refractivity contribution in [1.82, 2.24) is 9.80 Å². The molecule has 3 aromatic carbocycles. The topological polar surface area (TPSA) is 76.2 Å². The summed E-state index contributed by atoms with van der Waals surface area (Å²) in [5, 5.41) is 0.493. The lowest BCUT2D eigenvalue weighted by atomic mass is 9.79. The summed E-state index contributed by atoms with van der Waals surface area (Å²) in [6, 6.07) is 18.4. The summed E-state index contributed by atoms with van der Waals surface area (Å²) in [6.07, 6.45) is 0.356. The fraction of sp³-hybridized carbons (Fsp3) is 0.300. The summed E-state index contributed by atoms with van der Waals surface area (Å²) in [4.78, 5) is 42.2. The van der Waals surface area contributed by atoms with E-state index in [4.69, 9.17) is 21.1 Å². The molecule has 0 bridgehead atoms. The van der Waals surface area contributed by atoms with Crippen LogP contribution in [0.5, 0.6) is 11.5 Å². The molecule has 0 N–H and O–H groups in total. The summed E-state index contributed by atoms with van der Waals surface area (Å²) < 4.78 is 12.2. The predicted molar refractivity (Wildman–Crippen MR) is 153 cm³/mol. The van der Waals surface area contributed by atoms with E-state index in [2.05, 4.69) is 15.9 Å². The molecule has 1 fully saturated rings. The van der Waals surface area contributed by atoms with Gasteiger partial charge in [0.15, 0.2) is 0 Å².